The number of hydrogen-bond acceptors (Lipinski definition) is 4. The molecule has 0 bridgehead atoms. The molecule has 0 N–H and O–H groups in total. The topological polar surface area (TPSA) is 58.4 Å². The van der Waals surface area contributed by atoms with E-state index in [2.05, 4.69) is 4.98 Å². The van der Waals surface area contributed by atoms with Gasteiger partial charge in [-0.3, -0.25) is 0 Å². The Hall–Kier alpha value is -1.78. The minimum absolute atomic E-state index is 0.242. The van der Waals surface area contributed by atoms with Gasteiger partial charge in [0.05, 0.1) is 18.6 Å². The predicted molar refractivity (Wildman–Crippen MR) is 121 cm³/mol. The van der Waals surface area contributed by atoms with Crippen LogP contribution in [-0.4, -0.2) is 40.4 Å². The molecule has 33 heavy (non-hydrogen) atoms. The van der Waals surface area contributed by atoms with Crippen LogP contribution in [0.15, 0.2) is 30.7 Å². The van der Waals surface area contributed by atoms with Crippen LogP contribution in [0, 0.1) is 5.92 Å². The first kappa shape index (κ1) is 24.3. The van der Waals surface area contributed by atoms with E-state index in [1.165, 1.54) is 12.8 Å². The van der Waals surface area contributed by atoms with Crippen molar-refractivity contribution in [2.45, 2.75) is 63.2 Å². The molecule has 2 aromatic rings. The molecule has 0 unspecified atom stereocenters. The van der Waals surface area contributed by atoms with Gasteiger partial charge >= 0.3 is 15.5 Å². The second-order valence-corrected chi connectivity index (χ2v) is 11.4. The van der Waals surface area contributed by atoms with E-state index in [1.807, 2.05) is 22.7 Å². The summed E-state index contributed by atoms with van der Waals surface area (Å²) in [6.07, 6.45) is 9.55. The molecule has 1 aromatic carbocycles. The van der Waals surface area contributed by atoms with Crippen molar-refractivity contribution >= 4 is 27.3 Å². The minimum atomic E-state index is -5.50. The van der Waals surface area contributed by atoms with Crippen LogP contribution in [0.3, 0.4) is 0 Å². The van der Waals surface area contributed by atoms with Crippen molar-refractivity contribution in [3.05, 3.63) is 47.0 Å². The van der Waals surface area contributed by atoms with Gasteiger partial charge in [-0.1, -0.05) is 37.3 Å². The van der Waals surface area contributed by atoms with Gasteiger partial charge < -0.3 is 9.47 Å². The van der Waals surface area contributed by atoms with Gasteiger partial charge in [0.2, 0.25) is 0 Å². The van der Waals surface area contributed by atoms with E-state index >= 15 is 0 Å². The molecule has 0 radical (unpaired) electrons. The smallest absolute Gasteiger partial charge is 0.361 e. The Morgan fingerprint density at radius 2 is 1.91 bits per heavy atom. The molecular weight excluding hydrogens is 477 g/mol. The number of nitrogens with zero attached hydrogens (tertiary/aromatic N) is 4. The van der Waals surface area contributed by atoms with Crippen LogP contribution in [0.2, 0.25) is 5.02 Å². The third-order valence-corrected chi connectivity index (χ3v) is 8.44. The number of aromatic nitrogens is 2. The Kier molecular flexibility index (Phi) is 6.98. The van der Waals surface area contributed by atoms with Gasteiger partial charge in [-0.05, 0) is 42.5 Å². The van der Waals surface area contributed by atoms with Gasteiger partial charge in [0, 0.05) is 43.1 Å². The van der Waals surface area contributed by atoms with Crippen molar-refractivity contribution in [3.63, 3.8) is 0 Å². The van der Waals surface area contributed by atoms with E-state index in [1.54, 1.807) is 24.5 Å². The molecule has 1 aromatic heterocycles. The largest absolute Gasteiger partial charge is 0.511 e. The summed E-state index contributed by atoms with van der Waals surface area (Å²) in [5.74, 6) is 0.530. The number of rotatable bonds is 6. The fourth-order valence-corrected chi connectivity index (χ4v) is 6.15. The van der Waals surface area contributed by atoms with Gasteiger partial charge in [0.15, 0.2) is 0 Å². The highest BCUT2D eigenvalue weighted by atomic mass is 35.5. The number of halogens is 4. The number of hydrogen-bond donors (Lipinski definition) is 0. The average Bonchev–Trinajstić information content (AvgIpc) is 3.36. The highest BCUT2D eigenvalue weighted by Crippen LogP contribution is 2.38. The van der Waals surface area contributed by atoms with Crippen LogP contribution in [0.4, 0.5) is 18.9 Å². The molecule has 0 amide bonds. The molecule has 2 aliphatic rings. The van der Waals surface area contributed by atoms with Crippen molar-refractivity contribution < 1.29 is 21.6 Å². The minimum Gasteiger partial charge on any atom is -0.361 e. The molecule has 2 heterocycles. The number of aryl methyl sites for hydroxylation is 1. The molecule has 1 fully saturated rings. The fourth-order valence-electron chi connectivity index (χ4n) is 4.99. The van der Waals surface area contributed by atoms with Gasteiger partial charge in [-0.2, -0.15) is 17.5 Å². The van der Waals surface area contributed by atoms with Crippen LogP contribution >= 0.6 is 11.6 Å². The maximum atomic E-state index is 13.5. The molecule has 1 aliphatic carbocycles. The Balaban J connectivity index is 1.74. The standard InChI is InChI=1S/C22H28ClF3N4O2S/c1-28-12-19(27-15-28)13-30-20(8-6-16-4-2-3-5-16)14-29(33(31,32)22(24,25)26)11-17-10-18(23)7-9-21(17)30/h7,9-10,12,15-16,20H,2-6,8,11,13-14H2,1H3/t20-/m1/s1. The van der Waals surface area contributed by atoms with E-state index in [9.17, 15) is 21.6 Å². The first-order valence-corrected chi connectivity index (χ1v) is 12.9. The van der Waals surface area contributed by atoms with Crippen LogP contribution < -0.4 is 4.90 Å². The van der Waals surface area contributed by atoms with Gasteiger partial charge in [-0.25, -0.2) is 13.4 Å². The van der Waals surface area contributed by atoms with Crippen molar-refractivity contribution in [2.24, 2.45) is 13.0 Å². The van der Waals surface area contributed by atoms with E-state index < -0.39 is 21.6 Å². The predicted octanol–water partition coefficient (Wildman–Crippen LogP) is 5.08. The fraction of sp³-hybridized carbons (Fsp3) is 0.591. The maximum absolute atomic E-state index is 13.5. The molecule has 11 heteroatoms. The number of alkyl halides is 3. The van der Waals surface area contributed by atoms with Crippen LogP contribution in [0.25, 0.3) is 0 Å². The molecular formula is C22H28ClF3N4O2S. The number of anilines is 1. The van der Waals surface area contributed by atoms with Crippen molar-refractivity contribution in [3.8, 4) is 0 Å². The number of fused-ring (bicyclic) bond motifs is 1. The first-order chi connectivity index (χ1) is 15.5. The van der Waals surface area contributed by atoms with Gasteiger partial charge in [0.25, 0.3) is 0 Å². The SMILES string of the molecule is Cn1cnc(CN2c3ccc(Cl)cc3CN(S(=O)(=O)C(F)(F)F)C[C@H]2CCC2CCCC2)c1. The van der Waals surface area contributed by atoms with Crippen molar-refractivity contribution in [1.82, 2.24) is 13.9 Å². The third-order valence-electron chi connectivity index (χ3n) is 6.66. The summed E-state index contributed by atoms with van der Waals surface area (Å²) in [5, 5.41) is 0.347. The van der Waals surface area contributed by atoms with E-state index in [0.29, 0.717) is 39.5 Å². The average molecular weight is 505 g/mol. The molecule has 0 spiro atoms. The summed E-state index contributed by atoms with van der Waals surface area (Å²) < 4.78 is 67.9. The lowest BCUT2D eigenvalue weighted by molar-refractivity contribution is -0.0492. The summed E-state index contributed by atoms with van der Waals surface area (Å²) >= 11 is 6.15. The number of imidazole rings is 1. The summed E-state index contributed by atoms with van der Waals surface area (Å²) in [6, 6.07) is 4.59. The summed E-state index contributed by atoms with van der Waals surface area (Å²) in [5.41, 5.74) is -3.45. The molecule has 1 aliphatic heterocycles. The zero-order valence-corrected chi connectivity index (χ0v) is 20.0. The quantitative estimate of drug-likeness (QED) is 0.550. The van der Waals surface area contributed by atoms with E-state index in [-0.39, 0.29) is 13.1 Å². The molecule has 1 saturated carbocycles. The molecule has 6 nitrogen and oxygen atoms in total. The van der Waals surface area contributed by atoms with Crippen LogP contribution in [-0.2, 0) is 30.2 Å². The third kappa shape index (κ3) is 5.33. The Bertz CT molecular complexity index is 1080. The monoisotopic (exact) mass is 504 g/mol. The molecule has 1 atom stereocenters. The van der Waals surface area contributed by atoms with E-state index in [4.69, 9.17) is 11.6 Å². The summed E-state index contributed by atoms with van der Waals surface area (Å²) in [6.45, 7) is -0.255. The second kappa shape index (κ2) is 9.46. The zero-order valence-electron chi connectivity index (χ0n) is 18.4. The van der Waals surface area contributed by atoms with Crippen molar-refractivity contribution in [2.75, 3.05) is 11.4 Å². The Morgan fingerprint density at radius 1 is 1.18 bits per heavy atom. The number of benzene rings is 1. The highest BCUT2D eigenvalue weighted by Gasteiger charge is 2.51. The second-order valence-electron chi connectivity index (χ2n) is 9.06. The lowest BCUT2D eigenvalue weighted by Gasteiger charge is -2.34. The molecule has 182 valence electrons. The molecule has 0 saturated heterocycles. The van der Waals surface area contributed by atoms with E-state index in [0.717, 1.165) is 25.0 Å². The van der Waals surface area contributed by atoms with Crippen LogP contribution in [0.5, 0.6) is 0 Å². The summed E-state index contributed by atoms with van der Waals surface area (Å²) in [7, 11) is -3.65. The first-order valence-electron chi connectivity index (χ1n) is 11.1. The lowest BCUT2D eigenvalue weighted by Crippen LogP contribution is -2.47. The normalized spacial score (nSPS) is 20.8. The highest BCUT2D eigenvalue weighted by molar-refractivity contribution is 7.89. The summed E-state index contributed by atoms with van der Waals surface area (Å²) in [4.78, 5) is 6.40. The maximum Gasteiger partial charge on any atom is 0.511 e. The molecule has 4 rings (SSSR count). The van der Waals surface area contributed by atoms with Gasteiger partial charge in [0.1, 0.15) is 0 Å². The van der Waals surface area contributed by atoms with Crippen LogP contribution in [0.1, 0.15) is 49.8 Å². The van der Waals surface area contributed by atoms with Gasteiger partial charge in [-0.15, -0.1) is 0 Å². The van der Waals surface area contributed by atoms with Crippen molar-refractivity contribution in [1.29, 1.82) is 0 Å². The number of sulfonamides is 1. The Morgan fingerprint density at radius 3 is 2.55 bits per heavy atom. The lowest BCUT2D eigenvalue weighted by atomic mass is 9.97. The Labute approximate surface area is 197 Å². The zero-order chi connectivity index (χ0) is 23.8.